The fourth-order valence-electron chi connectivity index (χ4n) is 4.51. The molecule has 0 N–H and O–H groups in total. The minimum Gasteiger partial charge on any atom is -0.466 e. The van der Waals surface area contributed by atoms with Crippen LogP contribution in [-0.4, -0.2) is 0 Å². The highest BCUT2D eigenvalue weighted by atomic mass is 16.5. The number of fused-ring (bicyclic) bond motifs is 2. The number of ether oxygens (including phenoxy) is 1. The second kappa shape index (κ2) is 8.43. The summed E-state index contributed by atoms with van der Waals surface area (Å²) in [4.78, 5) is 0. The Labute approximate surface area is 200 Å². The molecule has 1 aliphatic rings. The number of para-hydroxylation sites is 1. The lowest BCUT2D eigenvalue weighted by molar-refractivity contribution is 0.179. The van der Waals surface area contributed by atoms with E-state index in [2.05, 4.69) is 84.6 Å². The van der Waals surface area contributed by atoms with Crippen molar-refractivity contribution in [3.05, 3.63) is 156 Å². The van der Waals surface area contributed by atoms with Crippen LogP contribution >= 0.6 is 0 Å². The van der Waals surface area contributed by atoms with E-state index < -0.39 is 5.60 Å². The molecule has 0 amide bonds. The molecule has 1 nitrogen and oxygen atoms in total. The molecule has 1 atom stereocenters. The van der Waals surface area contributed by atoms with Crippen molar-refractivity contribution in [1.29, 1.82) is 0 Å². The van der Waals surface area contributed by atoms with Crippen molar-refractivity contribution in [3.8, 4) is 17.6 Å². The van der Waals surface area contributed by atoms with E-state index in [-0.39, 0.29) is 0 Å². The second-order valence-corrected chi connectivity index (χ2v) is 8.44. The maximum atomic E-state index is 6.72. The number of rotatable bonds is 2. The quantitative estimate of drug-likeness (QED) is 0.260. The van der Waals surface area contributed by atoms with Crippen LogP contribution in [0.4, 0.5) is 0 Å². The van der Waals surface area contributed by atoms with Gasteiger partial charge in [0.2, 0.25) is 5.60 Å². The summed E-state index contributed by atoms with van der Waals surface area (Å²) < 4.78 is 6.72. The molecule has 5 aromatic rings. The highest BCUT2D eigenvalue weighted by molar-refractivity contribution is 5.91. The fourth-order valence-corrected chi connectivity index (χ4v) is 4.51. The average Bonchev–Trinajstić information content (AvgIpc) is 2.92. The van der Waals surface area contributed by atoms with Gasteiger partial charge in [-0.25, -0.2) is 0 Å². The Balaban J connectivity index is 1.60. The van der Waals surface area contributed by atoms with E-state index in [1.165, 1.54) is 10.8 Å². The summed E-state index contributed by atoms with van der Waals surface area (Å²) in [5.74, 6) is 7.70. The van der Waals surface area contributed by atoms with Crippen molar-refractivity contribution < 1.29 is 4.74 Å². The number of hydrogen-bond donors (Lipinski definition) is 0. The van der Waals surface area contributed by atoms with Gasteiger partial charge in [0.15, 0.2) is 0 Å². The lowest BCUT2D eigenvalue weighted by Crippen LogP contribution is -2.32. The first-order chi connectivity index (χ1) is 16.8. The molecule has 0 aliphatic carbocycles. The molecule has 1 heteroatoms. The topological polar surface area (TPSA) is 9.23 Å². The zero-order chi connectivity index (χ0) is 22.8. The predicted octanol–water partition coefficient (Wildman–Crippen LogP) is 7.61. The first-order valence-corrected chi connectivity index (χ1v) is 11.4. The van der Waals surface area contributed by atoms with Gasteiger partial charge in [0.25, 0.3) is 0 Å². The Hall–Kier alpha value is -4.54. The van der Waals surface area contributed by atoms with Crippen molar-refractivity contribution in [2.24, 2.45) is 0 Å². The van der Waals surface area contributed by atoms with Crippen LogP contribution in [0.3, 0.4) is 0 Å². The van der Waals surface area contributed by atoms with Crippen LogP contribution < -0.4 is 4.74 Å². The van der Waals surface area contributed by atoms with Crippen LogP contribution in [0.5, 0.6) is 5.75 Å². The first kappa shape index (κ1) is 20.1. The second-order valence-electron chi connectivity index (χ2n) is 8.44. The van der Waals surface area contributed by atoms with E-state index in [1.807, 2.05) is 60.7 Å². The summed E-state index contributed by atoms with van der Waals surface area (Å²) >= 11 is 0. The van der Waals surface area contributed by atoms with Crippen molar-refractivity contribution in [1.82, 2.24) is 0 Å². The van der Waals surface area contributed by atoms with Crippen LogP contribution in [0.15, 0.2) is 133 Å². The minimum atomic E-state index is -0.910. The summed E-state index contributed by atoms with van der Waals surface area (Å²) in [5, 5.41) is 2.44. The van der Waals surface area contributed by atoms with E-state index in [0.717, 1.165) is 33.6 Å². The van der Waals surface area contributed by atoms with Gasteiger partial charge >= 0.3 is 0 Å². The third kappa shape index (κ3) is 3.66. The lowest BCUT2D eigenvalue weighted by atomic mass is 9.84. The highest BCUT2D eigenvalue weighted by Gasteiger charge is 2.36. The molecule has 0 radical (unpaired) electrons. The molecule has 0 saturated carbocycles. The van der Waals surface area contributed by atoms with Crippen LogP contribution in [-0.2, 0) is 5.60 Å². The lowest BCUT2D eigenvalue weighted by Gasteiger charge is -2.34. The van der Waals surface area contributed by atoms with Crippen LogP contribution in [0.2, 0.25) is 0 Å². The number of benzene rings is 5. The molecule has 0 bridgehead atoms. The molecule has 1 aliphatic heterocycles. The molecular formula is C33H22O. The maximum Gasteiger partial charge on any atom is 0.214 e. The molecule has 1 unspecified atom stereocenters. The molecule has 34 heavy (non-hydrogen) atoms. The van der Waals surface area contributed by atoms with Crippen molar-refractivity contribution in [2.45, 2.75) is 5.60 Å². The van der Waals surface area contributed by atoms with Crippen molar-refractivity contribution >= 4 is 16.3 Å². The van der Waals surface area contributed by atoms with Gasteiger partial charge in [-0.15, -0.1) is 0 Å². The molecule has 0 saturated heterocycles. The SMILES string of the molecule is C(#CC1(c2ccccc2)C=C(c2ccc3ccccc3c2)c2ccccc2O1)c1ccccc1. The monoisotopic (exact) mass is 434 g/mol. The summed E-state index contributed by atoms with van der Waals surface area (Å²) in [6.07, 6.45) is 2.19. The van der Waals surface area contributed by atoms with Crippen LogP contribution in [0.25, 0.3) is 16.3 Å². The standard InChI is InChI=1S/C33H22O/c1-3-11-25(12-4-1)21-22-33(29-15-5-2-6-16-29)24-31(30-17-9-10-18-32(30)34-33)28-20-19-26-13-7-8-14-27(26)23-28/h1-20,23-24H. The molecular weight excluding hydrogens is 412 g/mol. The largest absolute Gasteiger partial charge is 0.466 e. The van der Waals surface area contributed by atoms with E-state index in [4.69, 9.17) is 4.74 Å². The Morgan fingerprint density at radius 2 is 1.26 bits per heavy atom. The van der Waals surface area contributed by atoms with E-state index in [9.17, 15) is 0 Å². The smallest absolute Gasteiger partial charge is 0.214 e. The van der Waals surface area contributed by atoms with E-state index in [1.54, 1.807) is 0 Å². The normalized spacial score (nSPS) is 16.5. The Bertz CT molecular complexity index is 1570. The maximum absolute atomic E-state index is 6.72. The summed E-state index contributed by atoms with van der Waals surface area (Å²) in [5.41, 5.74) is 4.40. The Morgan fingerprint density at radius 1 is 0.588 bits per heavy atom. The van der Waals surface area contributed by atoms with Gasteiger partial charge in [-0.3, -0.25) is 0 Å². The zero-order valence-corrected chi connectivity index (χ0v) is 18.6. The molecule has 0 aromatic heterocycles. The average molecular weight is 435 g/mol. The molecule has 160 valence electrons. The zero-order valence-electron chi connectivity index (χ0n) is 18.6. The minimum absolute atomic E-state index is 0.833. The molecule has 1 heterocycles. The van der Waals surface area contributed by atoms with Gasteiger partial charge in [-0.2, -0.15) is 0 Å². The van der Waals surface area contributed by atoms with E-state index in [0.29, 0.717) is 0 Å². The van der Waals surface area contributed by atoms with Crippen molar-refractivity contribution in [3.63, 3.8) is 0 Å². The van der Waals surface area contributed by atoms with Crippen molar-refractivity contribution in [2.75, 3.05) is 0 Å². The fraction of sp³-hybridized carbons (Fsp3) is 0.0303. The van der Waals surface area contributed by atoms with Gasteiger partial charge in [0.05, 0.1) is 0 Å². The Morgan fingerprint density at radius 3 is 2.09 bits per heavy atom. The van der Waals surface area contributed by atoms with Gasteiger partial charge in [-0.1, -0.05) is 109 Å². The summed E-state index contributed by atoms with van der Waals surface area (Å²) in [7, 11) is 0. The predicted molar refractivity (Wildman–Crippen MR) is 140 cm³/mol. The van der Waals surface area contributed by atoms with Gasteiger partial charge in [-0.05, 0) is 58.2 Å². The van der Waals surface area contributed by atoms with Gasteiger partial charge in [0, 0.05) is 16.7 Å². The third-order valence-electron chi connectivity index (χ3n) is 6.23. The van der Waals surface area contributed by atoms with E-state index >= 15 is 0 Å². The molecule has 0 fully saturated rings. The first-order valence-electron chi connectivity index (χ1n) is 11.4. The summed E-state index contributed by atoms with van der Waals surface area (Å²) in [6.45, 7) is 0. The van der Waals surface area contributed by atoms with Gasteiger partial charge in [0.1, 0.15) is 5.75 Å². The van der Waals surface area contributed by atoms with Crippen LogP contribution in [0, 0.1) is 11.8 Å². The highest BCUT2D eigenvalue weighted by Crippen LogP contribution is 2.43. The number of hydrogen-bond acceptors (Lipinski definition) is 1. The van der Waals surface area contributed by atoms with Gasteiger partial charge < -0.3 is 4.74 Å². The molecule has 6 rings (SSSR count). The van der Waals surface area contributed by atoms with Crippen LogP contribution in [0.1, 0.15) is 22.3 Å². The summed E-state index contributed by atoms with van der Waals surface area (Å²) in [6, 6.07) is 43.6. The Kier molecular flexibility index (Phi) is 4.98. The molecule has 5 aromatic carbocycles. The molecule has 0 spiro atoms. The third-order valence-corrected chi connectivity index (χ3v) is 6.23.